The summed E-state index contributed by atoms with van der Waals surface area (Å²) in [6.45, 7) is 18.4. The molecule has 0 radical (unpaired) electrons. The van der Waals surface area contributed by atoms with Crippen molar-refractivity contribution in [3.63, 3.8) is 0 Å². The van der Waals surface area contributed by atoms with Crippen LogP contribution >= 0.6 is 0 Å². The zero-order chi connectivity index (χ0) is 23.9. The van der Waals surface area contributed by atoms with Gasteiger partial charge in [-0.1, -0.05) is 58.7 Å². The predicted molar refractivity (Wildman–Crippen MR) is 134 cm³/mol. The quantitative estimate of drug-likeness (QED) is 0.313. The third kappa shape index (κ3) is 5.18. The van der Waals surface area contributed by atoms with Crippen molar-refractivity contribution in [2.75, 3.05) is 6.61 Å². The van der Waals surface area contributed by atoms with Crippen LogP contribution in [-0.2, 0) is 18.7 Å². The smallest absolute Gasteiger partial charge is 0.296 e. The molecule has 2 saturated carbocycles. The summed E-state index contributed by atoms with van der Waals surface area (Å²) >= 11 is 0. The van der Waals surface area contributed by atoms with E-state index < -0.39 is 18.4 Å². The molecule has 1 aromatic rings. The molecule has 0 saturated heterocycles. The molecular formula is C26H44O4SSi. The molecule has 3 rings (SSSR count). The lowest BCUT2D eigenvalue weighted by Gasteiger charge is -2.49. The van der Waals surface area contributed by atoms with E-state index in [0.29, 0.717) is 17.9 Å². The maximum Gasteiger partial charge on any atom is 0.296 e. The van der Waals surface area contributed by atoms with Crippen LogP contribution in [0.15, 0.2) is 29.2 Å². The maximum absolute atomic E-state index is 12.7. The Morgan fingerprint density at radius 2 is 1.75 bits per heavy atom. The van der Waals surface area contributed by atoms with Crippen LogP contribution in [0.2, 0.25) is 18.1 Å². The Labute approximate surface area is 197 Å². The van der Waals surface area contributed by atoms with E-state index >= 15 is 0 Å². The minimum Gasteiger partial charge on any atom is -0.414 e. The topological polar surface area (TPSA) is 52.6 Å². The third-order valence-corrected chi connectivity index (χ3v) is 14.7. The number of rotatable bonds is 7. The summed E-state index contributed by atoms with van der Waals surface area (Å²) in [7, 11) is -5.54. The van der Waals surface area contributed by atoms with Gasteiger partial charge in [0, 0.05) is 6.10 Å². The van der Waals surface area contributed by atoms with Gasteiger partial charge in [0.05, 0.1) is 11.5 Å². The first-order chi connectivity index (χ1) is 14.7. The highest BCUT2D eigenvalue weighted by Gasteiger charge is 2.54. The zero-order valence-electron chi connectivity index (χ0n) is 21.4. The average Bonchev–Trinajstić information content (AvgIpc) is 3.03. The molecule has 4 nitrogen and oxygen atoms in total. The summed E-state index contributed by atoms with van der Waals surface area (Å²) in [6.07, 6.45) is 6.20. The molecule has 0 bridgehead atoms. The van der Waals surface area contributed by atoms with E-state index in [9.17, 15) is 8.42 Å². The molecule has 0 aliphatic heterocycles. The number of hydrogen-bond acceptors (Lipinski definition) is 4. The highest BCUT2D eigenvalue weighted by Crippen LogP contribution is 2.59. The van der Waals surface area contributed by atoms with Crippen LogP contribution in [0.5, 0.6) is 0 Å². The molecule has 0 aromatic heterocycles. The second-order valence-electron chi connectivity index (χ2n) is 12.1. The number of fused-ring (bicyclic) bond motifs is 1. The molecule has 5 atom stereocenters. The van der Waals surface area contributed by atoms with Crippen LogP contribution in [0.1, 0.15) is 72.3 Å². The lowest BCUT2D eigenvalue weighted by Crippen LogP contribution is -2.50. The maximum atomic E-state index is 12.7. The Bertz CT molecular complexity index is 887. The molecular weight excluding hydrogens is 436 g/mol. The predicted octanol–water partition coefficient (Wildman–Crippen LogP) is 6.94. The van der Waals surface area contributed by atoms with Gasteiger partial charge < -0.3 is 4.43 Å². The standard InChI is InChI=1S/C26H44O4SSi/c1-19-11-13-21(14-12-19)31(27,28)29-18-20(2)22-15-16-23-24(10-9-17-26(22,23)6)30-32(7,8)25(3,4)5/h11-14,20,22-24H,9-10,15-18H2,1-8H3/t20-,22-,23+,24+,26-/m1/s1. The summed E-state index contributed by atoms with van der Waals surface area (Å²) in [5, 5.41) is 0.213. The van der Waals surface area contributed by atoms with Crippen LogP contribution < -0.4 is 0 Å². The Morgan fingerprint density at radius 3 is 2.34 bits per heavy atom. The first-order valence-electron chi connectivity index (χ1n) is 12.3. The molecule has 182 valence electrons. The van der Waals surface area contributed by atoms with Crippen LogP contribution in [0.4, 0.5) is 0 Å². The summed E-state index contributed by atoms with van der Waals surface area (Å²) in [6, 6.07) is 6.89. The molecule has 2 fully saturated rings. The lowest BCUT2D eigenvalue weighted by molar-refractivity contribution is -0.0245. The van der Waals surface area contributed by atoms with Crippen molar-refractivity contribution in [3.05, 3.63) is 29.8 Å². The first-order valence-corrected chi connectivity index (χ1v) is 16.6. The van der Waals surface area contributed by atoms with Crippen LogP contribution in [0, 0.1) is 30.1 Å². The van der Waals surface area contributed by atoms with Gasteiger partial charge in [0.25, 0.3) is 10.1 Å². The summed E-state index contributed by atoms with van der Waals surface area (Å²) in [4.78, 5) is 0.242. The van der Waals surface area contributed by atoms with Gasteiger partial charge in [0.2, 0.25) is 0 Å². The van der Waals surface area contributed by atoms with Gasteiger partial charge in [-0.15, -0.1) is 0 Å². The van der Waals surface area contributed by atoms with Crippen LogP contribution in [0.25, 0.3) is 0 Å². The second kappa shape index (κ2) is 9.16. The summed E-state index contributed by atoms with van der Waals surface area (Å²) < 4.78 is 37.9. The monoisotopic (exact) mass is 480 g/mol. The minimum absolute atomic E-state index is 0.192. The molecule has 6 heteroatoms. The largest absolute Gasteiger partial charge is 0.414 e. The van der Waals surface area contributed by atoms with Gasteiger partial charge in [0.15, 0.2) is 8.32 Å². The lowest BCUT2D eigenvalue weighted by atomic mass is 9.62. The molecule has 1 aromatic carbocycles. The fourth-order valence-corrected chi connectivity index (χ4v) is 8.27. The molecule has 2 aliphatic carbocycles. The van der Waals surface area contributed by atoms with Crippen molar-refractivity contribution >= 4 is 18.4 Å². The van der Waals surface area contributed by atoms with Gasteiger partial charge in [-0.2, -0.15) is 8.42 Å². The van der Waals surface area contributed by atoms with E-state index in [1.165, 1.54) is 19.3 Å². The summed E-state index contributed by atoms with van der Waals surface area (Å²) in [5.41, 5.74) is 1.23. The fraction of sp³-hybridized carbons (Fsp3) is 0.769. The third-order valence-electron chi connectivity index (χ3n) is 8.87. The SMILES string of the molecule is Cc1ccc(S(=O)(=O)OC[C@@H](C)[C@H]2CC[C@H]3[C@@H](O[Si](C)(C)C(C)(C)C)CCC[C@]23C)cc1. The Hall–Kier alpha value is -0.693. The number of aryl methyl sites for hydroxylation is 1. The molecule has 0 N–H and O–H groups in total. The average molecular weight is 481 g/mol. The highest BCUT2D eigenvalue weighted by atomic mass is 32.2. The van der Waals surface area contributed by atoms with Crippen LogP contribution in [-0.4, -0.2) is 29.4 Å². The van der Waals surface area contributed by atoms with Gasteiger partial charge in [-0.3, -0.25) is 4.18 Å². The molecule has 0 amide bonds. The summed E-state index contributed by atoms with van der Waals surface area (Å²) in [5.74, 6) is 1.22. The Kier molecular flexibility index (Phi) is 7.42. The van der Waals surface area contributed by atoms with E-state index in [4.69, 9.17) is 8.61 Å². The van der Waals surface area contributed by atoms with E-state index in [2.05, 4.69) is 47.7 Å². The molecule has 0 spiro atoms. The van der Waals surface area contributed by atoms with Crippen molar-refractivity contribution in [2.45, 2.75) is 103 Å². The molecule has 2 aliphatic rings. The van der Waals surface area contributed by atoms with Gasteiger partial charge in [-0.25, -0.2) is 0 Å². The molecule has 32 heavy (non-hydrogen) atoms. The van der Waals surface area contributed by atoms with Crippen molar-refractivity contribution in [1.29, 1.82) is 0 Å². The van der Waals surface area contributed by atoms with E-state index in [1.807, 2.05) is 19.1 Å². The van der Waals surface area contributed by atoms with E-state index in [-0.39, 0.29) is 27.9 Å². The Morgan fingerprint density at radius 1 is 1.12 bits per heavy atom. The van der Waals surface area contributed by atoms with Crippen molar-refractivity contribution < 1.29 is 17.0 Å². The van der Waals surface area contributed by atoms with Crippen molar-refractivity contribution in [1.82, 2.24) is 0 Å². The van der Waals surface area contributed by atoms with Gasteiger partial charge in [0.1, 0.15) is 0 Å². The van der Waals surface area contributed by atoms with Crippen LogP contribution in [0.3, 0.4) is 0 Å². The van der Waals surface area contributed by atoms with Gasteiger partial charge in [-0.05, 0) is 86.0 Å². The number of benzene rings is 1. The number of hydrogen-bond donors (Lipinski definition) is 0. The van der Waals surface area contributed by atoms with E-state index in [1.54, 1.807) is 12.1 Å². The highest BCUT2D eigenvalue weighted by molar-refractivity contribution is 7.86. The van der Waals surface area contributed by atoms with Crippen molar-refractivity contribution in [2.24, 2.45) is 23.2 Å². The zero-order valence-corrected chi connectivity index (χ0v) is 23.2. The van der Waals surface area contributed by atoms with Gasteiger partial charge >= 0.3 is 0 Å². The van der Waals surface area contributed by atoms with Crippen molar-refractivity contribution in [3.8, 4) is 0 Å². The molecule has 0 heterocycles. The second-order valence-corrected chi connectivity index (χ2v) is 18.5. The Balaban J connectivity index is 1.68. The normalized spacial score (nSPS) is 30.2. The minimum atomic E-state index is -3.72. The fourth-order valence-electron chi connectivity index (χ4n) is 5.88. The van der Waals surface area contributed by atoms with E-state index in [0.717, 1.165) is 18.4 Å². The molecule has 0 unspecified atom stereocenters. The first kappa shape index (κ1) is 25.9.